The SMILES string of the molecule is O=C(CSc1nnc(CNc2cccc(Cl)c2)o1)N(c1ccccc1)c1ccccc1. The summed E-state index contributed by atoms with van der Waals surface area (Å²) in [4.78, 5) is 14.7. The van der Waals surface area contributed by atoms with Crippen molar-refractivity contribution in [2.75, 3.05) is 16.0 Å². The van der Waals surface area contributed by atoms with Crippen LogP contribution >= 0.6 is 23.4 Å². The Morgan fingerprint density at radius 2 is 1.61 bits per heavy atom. The molecule has 1 aromatic heterocycles. The predicted molar refractivity (Wildman–Crippen MR) is 124 cm³/mol. The van der Waals surface area contributed by atoms with Crippen LogP contribution in [0.5, 0.6) is 0 Å². The summed E-state index contributed by atoms with van der Waals surface area (Å²) in [5, 5.41) is 12.2. The lowest BCUT2D eigenvalue weighted by molar-refractivity contribution is -0.115. The Hall–Kier alpha value is -3.29. The number of halogens is 1. The summed E-state index contributed by atoms with van der Waals surface area (Å²) in [5.41, 5.74) is 2.46. The molecule has 0 aliphatic rings. The van der Waals surface area contributed by atoms with Crippen LogP contribution in [0, 0.1) is 0 Å². The van der Waals surface area contributed by atoms with Gasteiger partial charge < -0.3 is 9.73 Å². The van der Waals surface area contributed by atoms with Gasteiger partial charge in [0.2, 0.25) is 11.8 Å². The largest absolute Gasteiger partial charge is 0.414 e. The minimum absolute atomic E-state index is 0.0841. The van der Waals surface area contributed by atoms with Crippen molar-refractivity contribution in [1.29, 1.82) is 0 Å². The number of carbonyl (C=O) groups excluding carboxylic acids is 1. The quantitative estimate of drug-likeness (QED) is 0.342. The molecule has 8 heteroatoms. The van der Waals surface area contributed by atoms with Gasteiger partial charge in [0.15, 0.2) is 0 Å². The third-order valence-corrected chi connectivity index (χ3v) is 5.35. The fraction of sp³-hybridized carbons (Fsp3) is 0.0870. The Labute approximate surface area is 189 Å². The number of para-hydroxylation sites is 2. The van der Waals surface area contributed by atoms with Crippen molar-refractivity contribution < 1.29 is 9.21 Å². The standard InChI is InChI=1S/C23H19ClN4O2S/c24-17-8-7-9-18(14-17)25-15-21-26-27-23(30-21)31-16-22(29)28(19-10-3-1-4-11-19)20-12-5-2-6-13-20/h1-14,25H,15-16H2. The number of rotatable bonds is 8. The van der Waals surface area contributed by atoms with Gasteiger partial charge in [-0.25, -0.2) is 0 Å². The van der Waals surface area contributed by atoms with E-state index in [9.17, 15) is 4.79 Å². The Morgan fingerprint density at radius 3 is 2.26 bits per heavy atom. The van der Waals surface area contributed by atoms with E-state index in [4.69, 9.17) is 16.0 Å². The lowest BCUT2D eigenvalue weighted by Crippen LogP contribution is -2.27. The van der Waals surface area contributed by atoms with Gasteiger partial charge in [-0.2, -0.15) is 0 Å². The van der Waals surface area contributed by atoms with Crippen molar-refractivity contribution in [2.24, 2.45) is 0 Å². The molecule has 3 aromatic carbocycles. The minimum Gasteiger partial charge on any atom is -0.414 e. The summed E-state index contributed by atoms with van der Waals surface area (Å²) < 4.78 is 5.65. The molecule has 1 N–H and O–H groups in total. The molecule has 0 aliphatic heterocycles. The second-order valence-electron chi connectivity index (χ2n) is 6.51. The average Bonchev–Trinajstić information content (AvgIpc) is 3.26. The maximum atomic E-state index is 13.1. The summed E-state index contributed by atoms with van der Waals surface area (Å²) in [6, 6.07) is 26.5. The lowest BCUT2D eigenvalue weighted by Gasteiger charge is -2.22. The maximum Gasteiger partial charge on any atom is 0.277 e. The Bertz CT molecular complexity index is 1100. The fourth-order valence-corrected chi connectivity index (χ4v) is 3.74. The van der Waals surface area contributed by atoms with E-state index in [-0.39, 0.29) is 11.7 Å². The van der Waals surface area contributed by atoms with Gasteiger partial charge in [-0.1, -0.05) is 65.8 Å². The first-order valence-corrected chi connectivity index (χ1v) is 10.9. The molecule has 1 amide bonds. The van der Waals surface area contributed by atoms with Gasteiger partial charge in [0.1, 0.15) is 0 Å². The number of nitrogens with one attached hydrogen (secondary N) is 1. The van der Waals surface area contributed by atoms with E-state index >= 15 is 0 Å². The lowest BCUT2D eigenvalue weighted by atomic mass is 10.2. The Kier molecular flexibility index (Phi) is 6.86. The summed E-state index contributed by atoms with van der Waals surface area (Å²) in [5.74, 6) is 0.504. The van der Waals surface area contributed by atoms with Crippen LogP contribution in [-0.4, -0.2) is 21.9 Å². The number of aromatic nitrogens is 2. The number of carbonyl (C=O) groups is 1. The molecule has 0 saturated heterocycles. The number of amides is 1. The molecule has 0 atom stereocenters. The van der Waals surface area contributed by atoms with Crippen LogP contribution < -0.4 is 10.2 Å². The van der Waals surface area contributed by atoms with E-state index in [1.807, 2.05) is 78.9 Å². The maximum absolute atomic E-state index is 13.1. The van der Waals surface area contributed by atoms with Gasteiger partial charge in [0.05, 0.1) is 12.3 Å². The van der Waals surface area contributed by atoms with Crippen molar-refractivity contribution in [3.05, 3.63) is 95.8 Å². The second-order valence-corrected chi connectivity index (χ2v) is 7.88. The molecular weight excluding hydrogens is 432 g/mol. The van der Waals surface area contributed by atoms with Gasteiger partial charge >= 0.3 is 0 Å². The highest BCUT2D eigenvalue weighted by Crippen LogP contribution is 2.27. The van der Waals surface area contributed by atoms with Crippen LogP contribution in [0.4, 0.5) is 17.1 Å². The van der Waals surface area contributed by atoms with E-state index in [0.717, 1.165) is 17.1 Å². The zero-order valence-corrected chi connectivity index (χ0v) is 18.0. The predicted octanol–water partition coefficient (Wildman–Crippen LogP) is 5.79. The highest BCUT2D eigenvalue weighted by molar-refractivity contribution is 7.99. The van der Waals surface area contributed by atoms with Crippen molar-refractivity contribution in [1.82, 2.24) is 10.2 Å². The monoisotopic (exact) mass is 450 g/mol. The molecule has 0 spiro atoms. The molecule has 0 fully saturated rings. The van der Waals surface area contributed by atoms with Gasteiger partial charge in [0.25, 0.3) is 5.22 Å². The van der Waals surface area contributed by atoms with E-state index in [1.54, 1.807) is 11.0 Å². The molecule has 4 rings (SSSR count). The molecule has 1 heterocycles. The fourth-order valence-electron chi connectivity index (χ4n) is 2.92. The van der Waals surface area contributed by atoms with Crippen LogP contribution in [0.1, 0.15) is 5.89 Å². The number of benzene rings is 3. The first-order valence-electron chi connectivity index (χ1n) is 9.57. The molecule has 0 bridgehead atoms. The summed E-state index contributed by atoms with van der Waals surface area (Å²) in [6.07, 6.45) is 0. The van der Waals surface area contributed by atoms with Crippen molar-refractivity contribution in [3.8, 4) is 0 Å². The van der Waals surface area contributed by atoms with Crippen molar-refractivity contribution in [3.63, 3.8) is 0 Å². The van der Waals surface area contributed by atoms with Gasteiger partial charge in [-0.05, 0) is 42.5 Å². The van der Waals surface area contributed by atoms with Gasteiger partial charge in [0, 0.05) is 22.1 Å². The molecule has 0 unspecified atom stereocenters. The van der Waals surface area contributed by atoms with Crippen LogP contribution in [-0.2, 0) is 11.3 Å². The summed E-state index contributed by atoms with van der Waals surface area (Å²) in [7, 11) is 0. The molecule has 156 valence electrons. The van der Waals surface area contributed by atoms with Crippen LogP contribution in [0.2, 0.25) is 5.02 Å². The van der Waals surface area contributed by atoms with E-state index in [2.05, 4.69) is 15.5 Å². The van der Waals surface area contributed by atoms with Crippen LogP contribution in [0.15, 0.2) is 94.6 Å². The number of nitrogens with zero attached hydrogens (tertiary/aromatic N) is 3. The Morgan fingerprint density at radius 1 is 0.935 bits per heavy atom. The van der Waals surface area contributed by atoms with E-state index in [0.29, 0.717) is 22.7 Å². The summed E-state index contributed by atoms with van der Waals surface area (Å²) >= 11 is 7.20. The number of hydrogen-bond acceptors (Lipinski definition) is 6. The third kappa shape index (κ3) is 5.65. The molecule has 6 nitrogen and oxygen atoms in total. The average molecular weight is 451 g/mol. The zero-order chi connectivity index (χ0) is 21.5. The molecule has 0 aliphatic carbocycles. The number of hydrogen-bond donors (Lipinski definition) is 1. The van der Waals surface area contributed by atoms with E-state index in [1.165, 1.54) is 11.8 Å². The number of anilines is 3. The number of thioether (sulfide) groups is 1. The highest BCUT2D eigenvalue weighted by Gasteiger charge is 2.19. The molecule has 31 heavy (non-hydrogen) atoms. The third-order valence-electron chi connectivity index (χ3n) is 4.31. The first kappa shape index (κ1) is 21.0. The normalized spacial score (nSPS) is 10.6. The van der Waals surface area contributed by atoms with Crippen molar-refractivity contribution >= 4 is 46.3 Å². The van der Waals surface area contributed by atoms with Crippen LogP contribution in [0.25, 0.3) is 0 Å². The van der Waals surface area contributed by atoms with Crippen LogP contribution in [0.3, 0.4) is 0 Å². The van der Waals surface area contributed by atoms with E-state index < -0.39 is 0 Å². The van der Waals surface area contributed by atoms with Gasteiger partial charge in [-0.15, -0.1) is 10.2 Å². The first-order chi connectivity index (χ1) is 15.2. The molecular formula is C23H19ClN4O2S. The van der Waals surface area contributed by atoms with Crippen molar-refractivity contribution in [2.45, 2.75) is 11.8 Å². The summed E-state index contributed by atoms with van der Waals surface area (Å²) in [6.45, 7) is 0.363. The topological polar surface area (TPSA) is 71.3 Å². The minimum atomic E-state index is -0.0841. The molecule has 4 aromatic rings. The van der Waals surface area contributed by atoms with Gasteiger partial charge in [-0.3, -0.25) is 9.69 Å². The highest BCUT2D eigenvalue weighted by atomic mass is 35.5. The smallest absolute Gasteiger partial charge is 0.277 e. The second kappa shape index (κ2) is 10.1. The zero-order valence-electron chi connectivity index (χ0n) is 16.4. The molecule has 0 radical (unpaired) electrons. The molecule has 0 saturated carbocycles. The Balaban J connectivity index is 1.39.